The van der Waals surface area contributed by atoms with Crippen LogP contribution in [0.1, 0.15) is 24.3 Å². The molecule has 5 rings (SSSR count). The molecule has 3 aromatic heterocycles. The molecule has 1 aliphatic carbocycles. The van der Waals surface area contributed by atoms with E-state index in [1.165, 1.54) is 23.0 Å². The highest BCUT2D eigenvalue weighted by molar-refractivity contribution is 7.89. The van der Waals surface area contributed by atoms with Gasteiger partial charge in [-0.2, -0.15) is 9.98 Å². The number of aromatic nitrogens is 5. The summed E-state index contributed by atoms with van der Waals surface area (Å²) in [4.78, 5) is 10.3. The van der Waals surface area contributed by atoms with Gasteiger partial charge in [-0.1, -0.05) is 17.4 Å². The molecule has 15 heteroatoms. The summed E-state index contributed by atoms with van der Waals surface area (Å²) in [6.45, 7) is 0.128. The first-order chi connectivity index (χ1) is 16.7. The van der Waals surface area contributed by atoms with E-state index < -0.39 is 27.0 Å². The van der Waals surface area contributed by atoms with Crippen LogP contribution in [0.2, 0.25) is 0 Å². The Morgan fingerprint density at radius 1 is 1.34 bits per heavy atom. The second kappa shape index (κ2) is 8.41. The van der Waals surface area contributed by atoms with Crippen LogP contribution >= 0.6 is 11.3 Å². The van der Waals surface area contributed by atoms with Crippen molar-refractivity contribution in [3.05, 3.63) is 29.5 Å². The maximum Gasteiger partial charge on any atom is 0.291 e. The quantitative estimate of drug-likeness (QED) is 0.356. The molecule has 0 atom stereocenters. The smallest absolute Gasteiger partial charge is 0.291 e. The Morgan fingerprint density at radius 2 is 2.11 bits per heavy atom. The molecule has 4 aromatic rings. The molecule has 1 aliphatic rings. The Morgan fingerprint density at radius 3 is 2.74 bits per heavy atom. The zero-order chi connectivity index (χ0) is 25.0. The molecule has 0 saturated heterocycles. The van der Waals surface area contributed by atoms with E-state index in [4.69, 9.17) is 0 Å². The van der Waals surface area contributed by atoms with Gasteiger partial charge in [-0.15, -0.1) is 10.2 Å². The van der Waals surface area contributed by atoms with E-state index >= 15 is 0 Å². The number of aliphatic hydroxyl groups excluding tert-OH is 1. The third-order valence-corrected chi connectivity index (χ3v) is 8.16. The van der Waals surface area contributed by atoms with Gasteiger partial charge in [0.25, 0.3) is 6.43 Å². The van der Waals surface area contributed by atoms with Crippen LogP contribution in [-0.2, 0) is 10.0 Å². The van der Waals surface area contributed by atoms with E-state index in [1.807, 2.05) is 6.07 Å². The van der Waals surface area contributed by atoms with Crippen LogP contribution in [0.3, 0.4) is 0 Å². The molecule has 0 amide bonds. The number of fused-ring (bicyclic) bond motifs is 3. The van der Waals surface area contributed by atoms with Crippen LogP contribution in [-0.4, -0.2) is 64.0 Å². The molecular weight excluding hydrogens is 502 g/mol. The number of nitrogens with zero attached hydrogens (tertiary/aromatic N) is 7. The van der Waals surface area contributed by atoms with Gasteiger partial charge in [0.2, 0.25) is 15.2 Å². The van der Waals surface area contributed by atoms with Crippen LogP contribution in [0.15, 0.2) is 29.4 Å². The molecule has 0 radical (unpaired) electrons. The number of nitrogens with one attached hydrogen (secondary N) is 1. The average Bonchev–Trinajstić information content (AvgIpc) is 3.27. The number of nitriles is 1. The minimum Gasteiger partial charge on any atom is -0.395 e. The second-order valence-electron chi connectivity index (χ2n) is 8.08. The fourth-order valence-electron chi connectivity index (χ4n) is 3.79. The van der Waals surface area contributed by atoms with Crippen molar-refractivity contribution in [2.45, 2.75) is 29.7 Å². The molecule has 1 fully saturated rings. The lowest BCUT2D eigenvalue weighted by molar-refractivity contribution is 0.150. The zero-order valence-corrected chi connectivity index (χ0v) is 19.8. The molecule has 1 saturated carbocycles. The first-order valence-corrected chi connectivity index (χ1v) is 12.7. The maximum atomic E-state index is 13.3. The monoisotopic (exact) mass is 520 g/mol. The van der Waals surface area contributed by atoms with Gasteiger partial charge in [0.05, 0.1) is 28.5 Å². The van der Waals surface area contributed by atoms with E-state index in [0.717, 1.165) is 0 Å². The minimum absolute atomic E-state index is 0.0768. The molecule has 11 nitrogen and oxygen atoms in total. The normalized spacial score (nSPS) is 15.1. The number of sulfonamides is 1. The van der Waals surface area contributed by atoms with Gasteiger partial charge >= 0.3 is 0 Å². The van der Waals surface area contributed by atoms with Crippen LogP contribution in [0.25, 0.3) is 27.1 Å². The van der Waals surface area contributed by atoms with Crippen molar-refractivity contribution < 1.29 is 22.3 Å². The summed E-state index contributed by atoms with van der Waals surface area (Å²) >= 11 is 0.658. The van der Waals surface area contributed by atoms with Gasteiger partial charge in [0.15, 0.2) is 10.7 Å². The van der Waals surface area contributed by atoms with Gasteiger partial charge in [-0.05, 0) is 25.0 Å². The molecule has 0 aliphatic heterocycles. The molecule has 0 bridgehead atoms. The molecule has 0 unspecified atom stereocenters. The lowest BCUT2D eigenvalue weighted by atomic mass is 10.2. The van der Waals surface area contributed by atoms with Gasteiger partial charge < -0.3 is 10.0 Å². The Kier molecular flexibility index (Phi) is 5.63. The highest BCUT2D eigenvalue weighted by atomic mass is 32.2. The molecule has 182 valence electrons. The lowest BCUT2D eigenvalue weighted by Gasteiger charge is -2.17. The number of alkyl halides is 2. The van der Waals surface area contributed by atoms with Crippen LogP contribution < -0.4 is 9.62 Å². The Balaban J connectivity index is 1.78. The van der Waals surface area contributed by atoms with Crippen molar-refractivity contribution in [3.63, 3.8) is 0 Å². The highest BCUT2D eigenvalue weighted by Gasteiger charge is 2.46. The van der Waals surface area contributed by atoms with Gasteiger partial charge in [-0.3, -0.25) is 4.57 Å². The largest absolute Gasteiger partial charge is 0.395 e. The molecule has 35 heavy (non-hydrogen) atoms. The third-order valence-electron chi connectivity index (χ3n) is 5.71. The van der Waals surface area contributed by atoms with Crippen LogP contribution in [0.5, 0.6) is 0 Å². The number of aliphatic hydroxyl groups is 1. The minimum atomic E-state index is -4.06. The Bertz CT molecular complexity index is 1590. The molecule has 3 heterocycles. The molecule has 1 aromatic carbocycles. The van der Waals surface area contributed by atoms with Gasteiger partial charge in [0, 0.05) is 19.0 Å². The predicted molar refractivity (Wildman–Crippen MR) is 123 cm³/mol. The summed E-state index contributed by atoms with van der Waals surface area (Å²) in [5.41, 5.74) is -0.469. The van der Waals surface area contributed by atoms with E-state index in [9.17, 15) is 27.6 Å². The van der Waals surface area contributed by atoms with E-state index in [1.54, 1.807) is 18.0 Å². The summed E-state index contributed by atoms with van der Waals surface area (Å²) in [6, 6.07) is 6.34. The van der Waals surface area contributed by atoms with Crippen LogP contribution in [0, 0.1) is 11.3 Å². The van der Waals surface area contributed by atoms with Crippen molar-refractivity contribution in [1.29, 1.82) is 5.26 Å². The first-order valence-electron chi connectivity index (χ1n) is 10.4. The van der Waals surface area contributed by atoms with Gasteiger partial charge in [0.1, 0.15) is 17.7 Å². The average molecular weight is 521 g/mol. The number of anilines is 1. The van der Waals surface area contributed by atoms with Crippen molar-refractivity contribution in [2.24, 2.45) is 0 Å². The van der Waals surface area contributed by atoms with E-state index in [0.29, 0.717) is 51.9 Å². The summed E-state index contributed by atoms with van der Waals surface area (Å²) in [6.07, 6.45) is -0.694. The van der Waals surface area contributed by atoms with E-state index in [2.05, 4.69) is 24.9 Å². The number of likely N-dealkylation sites (N-methyl/N-ethyl adjacent to an activating group) is 1. The third kappa shape index (κ3) is 3.97. The fraction of sp³-hybridized carbons (Fsp3) is 0.350. The van der Waals surface area contributed by atoms with E-state index in [-0.39, 0.29) is 23.2 Å². The van der Waals surface area contributed by atoms with Crippen molar-refractivity contribution in [3.8, 4) is 11.2 Å². The number of rotatable bonds is 8. The van der Waals surface area contributed by atoms with Crippen molar-refractivity contribution >= 4 is 49.1 Å². The predicted octanol–water partition coefficient (Wildman–Crippen LogP) is 2.13. The topological polar surface area (TPSA) is 150 Å². The Hall–Kier alpha value is -3.32. The summed E-state index contributed by atoms with van der Waals surface area (Å²) < 4.78 is 56.5. The van der Waals surface area contributed by atoms with Gasteiger partial charge in [-0.25, -0.2) is 27.2 Å². The van der Waals surface area contributed by atoms with Crippen molar-refractivity contribution in [1.82, 2.24) is 29.5 Å². The Labute approximate surface area is 201 Å². The summed E-state index contributed by atoms with van der Waals surface area (Å²) in [5, 5.41) is 26.8. The maximum absolute atomic E-state index is 13.3. The summed E-state index contributed by atoms with van der Waals surface area (Å²) in [7, 11) is -2.33. The zero-order valence-electron chi connectivity index (χ0n) is 18.2. The molecular formula is C20H18F2N8O3S2. The number of hydrogen-bond acceptors (Lipinski definition) is 10. The number of halogens is 2. The number of hydrogen-bond donors (Lipinski definition) is 2. The second-order valence-corrected chi connectivity index (χ2v) is 10.7. The summed E-state index contributed by atoms with van der Waals surface area (Å²) in [5.74, 6) is 0.460. The lowest BCUT2D eigenvalue weighted by Crippen LogP contribution is -2.35. The number of benzene rings is 1. The SMILES string of the molecule is CN(CCO)c1ncnc2c1c1ccc(S(=O)(=O)NC3(C#N)CC3)cc1n2-c1nnc(C(F)F)s1. The molecule has 0 spiro atoms. The first kappa shape index (κ1) is 23.4. The standard InChI is InChI=1S/C20H18F2N8O3S2/c1-29(6-7-31)16-14-12-3-2-11(35(32,33)28-20(9-23)4-5-20)8-13(12)30(17(14)25-10-24-16)19-27-26-18(34-19)15(21)22/h2-3,8,10,15,28,31H,4-7H2,1H3. The van der Waals surface area contributed by atoms with Crippen LogP contribution in [0.4, 0.5) is 14.6 Å². The highest BCUT2D eigenvalue weighted by Crippen LogP contribution is 2.39. The van der Waals surface area contributed by atoms with Crippen molar-refractivity contribution in [2.75, 3.05) is 25.1 Å². The molecule has 2 N–H and O–H groups in total. The fourth-order valence-corrected chi connectivity index (χ4v) is 5.90.